The summed E-state index contributed by atoms with van der Waals surface area (Å²) < 4.78 is 1.07. The van der Waals surface area contributed by atoms with Gasteiger partial charge in [0.15, 0.2) is 0 Å². The second kappa shape index (κ2) is 6.76. The van der Waals surface area contributed by atoms with Crippen molar-refractivity contribution in [3.8, 4) is 0 Å². The third-order valence-electron chi connectivity index (χ3n) is 3.14. The van der Waals surface area contributed by atoms with Gasteiger partial charge in [0.2, 0.25) is 5.91 Å². The summed E-state index contributed by atoms with van der Waals surface area (Å²) in [5, 5.41) is 6.25. The number of carbonyl (C=O) groups is 1. The van der Waals surface area contributed by atoms with Gasteiger partial charge in [0, 0.05) is 27.5 Å². The molecule has 0 aliphatic heterocycles. The first-order valence-corrected chi connectivity index (χ1v) is 7.69. The minimum atomic E-state index is -0.0202. The molecular formula is C17H19BrN2O. The van der Waals surface area contributed by atoms with Gasteiger partial charge in [-0.3, -0.25) is 4.79 Å². The fourth-order valence-electron chi connectivity index (χ4n) is 1.85. The van der Waals surface area contributed by atoms with E-state index in [9.17, 15) is 4.79 Å². The first kappa shape index (κ1) is 15.6. The normalized spacial score (nSPS) is 10.5. The average molecular weight is 347 g/mol. The predicted octanol–water partition coefficient (Wildman–Crippen LogP) is 5.10. The molecule has 2 aromatic rings. The Balaban J connectivity index is 2.07. The van der Waals surface area contributed by atoms with Crippen LogP contribution in [0.3, 0.4) is 0 Å². The summed E-state index contributed by atoms with van der Waals surface area (Å²) in [4.78, 5) is 11.6. The van der Waals surface area contributed by atoms with Crippen LogP contribution in [-0.2, 0) is 4.79 Å². The van der Waals surface area contributed by atoms with Crippen LogP contribution in [0.5, 0.6) is 0 Å². The summed E-state index contributed by atoms with van der Waals surface area (Å²) in [5.74, 6) is 0.00711. The third-order valence-corrected chi connectivity index (χ3v) is 3.64. The monoisotopic (exact) mass is 346 g/mol. The van der Waals surface area contributed by atoms with Gasteiger partial charge < -0.3 is 10.6 Å². The molecule has 2 N–H and O–H groups in total. The zero-order chi connectivity index (χ0) is 15.4. The molecule has 2 rings (SSSR count). The summed E-state index contributed by atoms with van der Waals surface area (Å²) in [7, 11) is 0. The van der Waals surface area contributed by atoms with E-state index in [0.717, 1.165) is 21.5 Å². The standard InChI is InChI=1S/C17H19BrN2O/c1-11(2)17(21)20-15-7-5-14(6-8-15)19-16-9-4-13(18)10-12(16)3/h4-11,19H,1-3H3,(H,20,21). The van der Waals surface area contributed by atoms with E-state index in [2.05, 4.69) is 39.6 Å². The molecule has 0 aliphatic carbocycles. The number of hydrogen-bond acceptors (Lipinski definition) is 2. The zero-order valence-electron chi connectivity index (χ0n) is 12.4. The Morgan fingerprint density at radius 1 is 1.05 bits per heavy atom. The molecule has 0 heterocycles. The fraction of sp³-hybridized carbons (Fsp3) is 0.235. The first-order chi connectivity index (χ1) is 9.95. The van der Waals surface area contributed by atoms with E-state index >= 15 is 0 Å². The highest BCUT2D eigenvalue weighted by Crippen LogP contribution is 2.24. The minimum Gasteiger partial charge on any atom is -0.355 e. The van der Waals surface area contributed by atoms with Crippen LogP contribution in [0.2, 0.25) is 0 Å². The molecule has 4 heteroatoms. The van der Waals surface area contributed by atoms with Crippen LogP contribution in [0.15, 0.2) is 46.9 Å². The van der Waals surface area contributed by atoms with Crippen molar-refractivity contribution in [1.29, 1.82) is 0 Å². The second-order valence-corrected chi connectivity index (χ2v) is 6.22. The van der Waals surface area contributed by atoms with Gasteiger partial charge in [-0.15, -0.1) is 0 Å². The van der Waals surface area contributed by atoms with Crippen LogP contribution in [0, 0.1) is 12.8 Å². The summed E-state index contributed by atoms with van der Waals surface area (Å²) in [6.45, 7) is 5.81. The third kappa shape index (κ3) is 4.33. The molecule has 0 aromatic heterocycles. The van der Waals surface area contributed by atoms with E-state index < -0.39 is 0 Å². The van der Waals surface area contributed by atoms with Gasteiger partial charge in [-0.1, -0.05) is 29.8 Å². The summed E-state index contributed by atoms with van der Waals surface area (Å²) in [5.41, 5.74) is 4.04. The number of amides is 1. The van der Waals surface area contributed by atoms with Crippen molar-refractivity contribution in [2.24, 2.45) is 5.92 Å². The summed E-state index contributed by atoms with van der Waals surface area (Å²) >= 11 is 3.46. The molecule has 0 unspecified atom stereocenters. The van der Waals surface area contributed by atoms with Crippen molar-refractivity contribution < 1.29 is 4.79 Å². The van der Waals surface area contributed by atoms with E-state index in [-0.39, 0.29) is 11.8 Å². The van der Waals surface area contributed by atoms with Gasteiger partial charge in [-0.05, 0) is 55.0 Å². The van der Waals surface area contributed by atoms with Gasteiger partial charge >= 0.3 is 0 Å². The number of halogens is 1. The highest BCUT2D eigenvalue weighted by molar-refractivity contribution is 9.10. The molecule has 2 aromatic carbocycles. The summed E-state index contributed by atoms with van der Waals surface area (Å²) in [6, 6.07) is 13.8. The lowest BCUT2D eigenvalue weighted by Gasteiger charge is -2.11. The SMILES string of the molecule is Cc1cc(Br)ccc1Nc1ccc(NC(=O)C(C)C)cc1. The topological polar surface area (TPSA) is 41.1 Å². The Kier molecular flexibility index (Phi) is 5.02. The van der Waals surface area contributed by atoms with Crippen molar-refractivity contribution in [3.05, 3.63) is 52.5 Å². The number of benzene rings is 2. The van der Waals surface area contributed by atoms with Crippen molar-refractivity contribution in [3.63, 3.8) is 0 Å². The number of aryl methyl sites for hydroxylation is 1. The largest absolute Gasteiger partial charge is 0.355 e. The quantitative estimate of drug-likeness (QED) is 0.808. The molecule has 0 bridgehead atoms. The molecule has 0 atom stereocenters. The number of anilines is 3. The van der Waals surface area contributed by atoms with Crippen LogP contribution in [-0.4, -0.2) is 5.91 Å². The lowest BCUT2D eigenvalue weighted by Crippen LogP contribution is -2.17. The fourth-order valence-corrected chi connectivity index (χ4v) is 2.32. The number of rotatable bonds is 4. The molecule has 3 nitrogen and oxygen atoms in total. The van der Waals surface area contributed by atoms with Crippen molar-refractivity contribution >= 4 is 38.9 Å². The van der Waals surface area contributed by atoms with Crippen LogP contribution in [0.1, 0.15) is 19.4 Å². The van der Waals surface area contributed by atoms with Crippen molar-refractivity contribution in [1.82, 2.24) is 0 Å². The van der Waals surface area contributed by atoms with E-state index in [1.165, 1.54) is 5.56 Å². The van der Waals surface area contributed by atoms with Crippen LogP contribution >= 0.6 is 15.9 Å². The van der Waals surface area contributed by atoms with E-state index in [4.69, 9.17) is 0 Å². The zero-order valence-corrected chi connectivity index (χ0v) is 14.0. The second-order valence-electron chi connectivity index (χ2n) is 5.31. The maximum Gasteiger partial charge on any atom is 0.226 e. The average Bonchev–Trinajstić information content (AvgIpc) is 2.43. The molecule has 0 saturated carbocycles. The number of nitrogens with one attached hydrogen (secondary N) is 2. The molecule has 0 aliphatic rings. The smallest absolute Gasteiger partial charge is 0.226 e. The first-order valence-electron chi connectivity index (χ1n) is 6.90. The van der Waals surface area contributed by atoms with E-state index in [1.807, 2.05) is 50.2 Å². The highest BCUT2D eigenvalue weighted by Gasteiger charge is 2.07. The Labute approximate surface area is 133 Å². The maximum absolute atomic E-state index is 11.6. The molecule has 0 spiro atoms. The predicted molar refractivity (Wildman–Crippen MR) is 92.1 cm³/mol. The van der Waals surface area contributed by atoms with Gasteiger partial charge in [-0.25, -0.2) is 0 Å². The van der Waals surface area contributed by atoms with E-state index in [1.54, 1.807) is 0 Å². The van der Waals surface area contributed by atoms with Crippen LogP contribution < -0.4 is 10.6 Å². The van der Waals surface area contributed by atoms with E-state index in [0.29, 0.717) is 0 Å². The number of hydrogen-bond donors (Lipinski definition) is 2. The Morgan fingerprint density at radius 2 is 1.67 bits per heavy atom. The molecule has 1 amide bonds. The van der Waals surface area contributed by atoms with Crippen molar-refractivity contribution in [2.45, 2.75) is 20.8 Å². The Hall–Kier alpha value is -1.81. The highest BCUT2D eigenvalue weighted by atomic mass is 79.9. The molecule has 0 radical (unpaired) electrons. The lowest BCUT2D eigenvalue weighted by molar-refractivity contribution is -0.118. The molecule has 110 valence electrons. The molecular weight excluding hydrogens is 328 g/mol. The van der Waals surface area contributed by atoms with Crippen molar-refractivity contribution in [2.75, 3.05) is 10.6 Å². The van der Waals surface area contributed by atoms with Gasteiger partial charge in [-0.2, -0.15) is 0 Å². The maximum atomic E-state index is 11.6. The molecule has 0 fully saturated rings. The van der Waals surface area contributed by atoms with Gasteiger partial charge in [0.25, 0.3) is 0 Å². The van der Waals surface area contributed by atoms with Crippen LogP contribution in [0.4, 0.5) is 17.1 Å². The minimum absolute atomic E-state index is 0.0202. The van der Waals surface area contributed by atoms with Gasteiger partial charge in [0.05, 0.1) is 0 Å². The molecule has 0 saturated heterocycles. The summed E-state index contributed by atoms with van der Waals surface area (Å²) in [6.07, 6.45) is 0. The lowest BCUT2D eigenvalue weighted by atomic mass is 10.2. The van der Waals surface area contributed by atoms with Crippen LogP contribution in [0.25, 0.3) is 0 Å². The Bertz CT molecular complexity index is 636. The Morgan fingerprint density at radius 3 is 2.24 bits per heavy atom. The van der Waals surface area contributed by atoms with Gasteiger partial charge in [0.1, 0.15) is 0 Å². The number of carbonyl (C=O) groups excluding carboxylic acids is 1. The molecule has 21 heavy (non-hydrogen) atoms.